The van der Waals surface area contributed by atoms with Gasteiger partial charge in [-0.05, 0) is 68.1 Å². The smallest absolute Gasteiger partial charge is 0.303 e. The molecule has 4 aliphatic carbocycles. The summed E-state index contributed by atoms with van der Waals surface area (Å²) in [6.45, 7) is 3.69. The van der Waals surface area contributed by atoms with Gasteiger partial charge in [0.05, 0.1) is 6.42 Å². The molecule has 0 spiro atoms. The van der Waals surface area contributed by atoms with E-state index in [9.17, 15) is 14.7 Å². The van der Waals surface area contributed by atoms with Crippen molar-refractivity contribution in [2.75, 3.05) is 0 Å². The van der Waals surface area contributed by atoms with Crippen LogP contribution in [0.15, 0.2) is 0 Å². The van der Waals surface area contributed by atoms with Gasteiger partial charge >= 0.3 is 5.97 Å². The standard InChI is InChI=1S/C16H25NO3/c1-10(17-11(2)18)16-6-12-3-13(7-16)5-15(4-12,9-16)8-14(19)20/h10,12-13H,3-9H2,1-2H3,(H,17,18)(H,19,20)/t10-,12-,13+,15?,16?/m0/s1. The van der Waals surface area contributed by atoms with Crippen LogP contribution in [0.3, 0.4) is 0 Å². The lowest BCUT2D eigenvalue weighted by Gasteiger charge is -2.63. The predicted octanol–water partition coefficient (Wildman–Crippen LogP) is 2.57. The van der Waals surface area contributed by atoms with Gasteiger partial charge in [0.25, 0.3) is 0 Å². The summed E-state index contributed by atoms with van der Waals surface area (Å²) < 4.78 is 0. The Balaban J connectivity index is 1.86. The summed E-state index contributed by atoms with van der Waals surface area (Å²) in [6.07, 6.45) is 7.10. The molecule has 4 nitrogen and oxygen atoms in total. The molecule has 4 saturated carbocycles. The summed E-state index contributed by atoms with van der Waals surface area (Å²) in [6, 6.07) is 0.166. The molecule has 4 heteroatoms. The van der Waals surface area contributed by atoms with Gasteiger partial charge in [0.15, 0.2) is 0 Å². The molecule has 0 aliphatic heterocycles. The average Bonchev–Trinajstić information content (AvgIpc) is 2.23. The van der Waals surface area contributed by atoms with E-state index in [1.807, 2.05) is 0 Å². The van der Waals surface area contributed by atoms with Gasteiger partial charge in [-0.25, -0.2) is 0 Å². The van der Waals surface area contributed by atoms with E-state index in [0.29, 0.717) is 18.3 Å². The van der Waals surface area contributed by atoms with E-state index < -0.39 is 5.97 Å². The normalized spacial score (nSPS) is 43.3. The zero-order valence-corrected chi connectivity index (χ0v) is 12.4. The van der Waals surface area contributed by atoms with Gasteiger partial charge in [-0.3, -0.25) is 9.59 Å². The van der Waals surface area contributed by atoms with Crippen LogP contribution in [0.1, 0.15) is 58.8 Å². The molecule has 1 amide bonds. The van der Waals surface area contributed by atoms with Crippen molar-refractivity contribution in [1.82, 2.24) is 5.32 Å². The summed E-state index contributed by atoms with van der Waals surface area (Å²) in [5, 5.41) is 12.4. The molecule has 20 heavy (non-hydrogen) atoms. The van der Waals surface area contributed by atoms with E-state index in [1.54, 1.807) is 6.92 Å². The maximum Gasteiger partial charge on any atom is 0.303 e. The molecule has 112 valence electrons. The summed E-state index contributed by atoms with van der Waals surface area (Å²) in [5.41, 5.74) is 0.147. The third kappa shape index (κ3) is 2.23. The van der Waals surface area contributed by atoms with Gasteiger partial charge in [-0.15, -0.1) is 0 Å². The lowest BCUT2D eigenvalue weighted by molar-refractivity contribution is -0.157. The maximum absolute atomic E-state index is 11.4. The first-order chi connectivity index (χ1) is 9.32. The van der Waals surface area contributed by atoms with Gasteiger partial charge in [-0.2, -0.15) is 0 Å². The molecule has 0 aromatic rings. The van der Waals surface area contributed by atoms with E-state index >= 15 is 0 Å². The number of carbonyl (C=O) groups excluding carboxylic acids is 1. The van der Waals surface area contributed by atoms with E-state index in [4.69, 9.17) is 0 Å². The highest BCUT2D eigenvalue weighted by Crippen LogP contribution is 2.67. The van der Waals surface area contributed by atoms with Crippen LogP contribution in [0, 0.1) is 22.7 Å². The highest BCUT2D eigenvalue weighted by atomic mass is 16.4. The molecule has 0 saturated heterocycles. The highest BCUT2D eigenvalue weighted by molar-refractivity contribution is 5.73. The predicted molar refractivity (Wildman–Crippen MR) is 75.1 cm³/mol. The van der Waals surface area contributed by atoms with E-state index in [0.717, 1.165) is 19.3 Å². The van der Waals surface area contributed by atoms with Gasteiger partial charge in [0, 0.05) is 13.0 Å². The number of aliphatic carboxylic acids is 1. The second-order valence-electron chi connectivity index (χ2n) is 7.82. The van der Waals surface area contributed by atoms with Crippen LogP contribution in [0.25, 0.3) is 0 Å². The van der Waals surface area contributed by atoms with Crippen molar-refractivity contribution in [2.24, 2.45) is 22.7 Å². The molecule has 0 heterocycles. The summed E-state index contributed by atoms with van der Waals surface area (Å²) in [4.78, 5) is 22.7. The first kappa shape index (κ1) is 13.9. The first-order valence-corrected chi connectivity index (χ1v) is 7.81. The summed E-state index contributed by atoms with van der Waals surface area (Å²) >= 11 is 0. The number of carboxylic acids is 1. The Kier molecular flexibility index (Phi) is 3.11. The van der Waals surface area contributed by atoms with Crippen molar-refractivity contribution in [2.45, 2.75) is 64.8 Å². The number of carbonyl (C=O) groups is 2. The Morgan fingerprint density at radius 2 is 1.85 bits per heavy atom. The van der Waals surface area contributed by atoms with Crippen molar-refractivity contribution in [3.8, 4) is 0 Å². The molecule has 4 fully saturated rings. The van der Waals surface area contributed by atoms with Crippen molar-refractivity contribution in [3.05, 3.63) is 0 Å². The number of hydrogen-bond acceptors (Lipinski definition) is 2. The fourth-order valence-electron chi connectivity index (χ4n) is 6.02. The minimum Gasteiger partial charge on any atom is -0.481 e. The van der Waals surface area contributed by atoms with Crippen molar-refractivity contribution in [1.29, 1.82) is 0 Å². The quantitative estimate of drug-likeness (QED) is 0.831. The Hall–Kier alpha value is -1.06. The molecular weight excluding hydrogens is 254 g/mol. The molecule has 2 N–H and O–H groups in total. The minimum absolute atomic E-state index is 0.00262. The van der Waals surface area contributed by atoms with Gasteiger partial charge in [0.2, 0.25) is 5.91 Å². The molecule has 2 unspecified atom stereocenters. The molecule has 5 atom stereocenters. The molecule has 0 radical (unpaired) electrons. The van der Waals surface area contributed by atoms with Crippen LogP contribution in [0.4, 0.5) is 0 Å². The Morgan fingerprint density at radius 3 is 2.35 bits per heavy atom. The highest BCUT2D eigenvalue weighted by Gasteiger charge is 2.59. The molecule has 0 aromatic heterocycles. The molecule has 0 aromatic carbocycles. The zero-order chi connectivity index (χ0) is 14.5. The number of carboxylic acid groups (broad SMARTS) is 1. The molecule has 4 bridgehead atoms. The lowest BCUT2D eigenvalue weighted by Crippen LogP contribution is -2.59. The fourth-order valence-corrected chi connectivity index (χ4v) is 6.02. The summed E-state index contributed by atoms with van der Waals surface area (Å²) in [7, 11) is 0. The Morgan fingerprint density at radius 1 is 1.25 bits per heavy atom. The van der Waals surface area contributed by atoms with Crippen molar-refractivity contribution >= 4 is 11.9 Å². The molecule has 4 aliphatic rings. The second kappa shape index (κ2) is 4.47. The van der Waals surface area contributed by atoms with Crippen molar-refractivity contribution in [3.63, 3.8) is 0 Å². The number of hydrogen-bond donors (Lipinski definition) is 2. The number of rotatable bonds is 4. The second-order valence-corrected chi connectivity index (χ2v) is 7.82. The zero-order valence-electron chi connectivity index (χ0n) is 12.4. The fraction of sp³-hybridized carbons (Fsp3) is 0.875. The van der Waals surface area contributed by atoms with Crippen LogP contribution >= 0.6 is 0 Å². The van der Waals surface area contributed by atoms with Crippen LogP contribution in [0.5, 0.6) is 0 Å². The van der Waals surface area contributed by atoms with Crippen LogP contribution in [-0.4, -0.2) is 23.0 Å². The first-order valence-electron chi connectivity index (χ1n) is 7.81. The minimum atomic E-state index is -0.658. The monoisotopic (exact) mass is 279 g/mol. The third-order valence-electron chi connectivity index (χ3n) is 6.09. The molecule has 4 rings (SSSR count). The third-order valence-corrected chi connectivity index (χ3v) is 6.09. The molecular formula is C16H25NO3. The van der Waals surface area contributed by atoms with E-state index in [2.05, 4.69) is 12.2 Å². The topological polar surface area (TPSA) is 66.4 Å². The largest absolute Gasteiger partial charge is 0.481 e. The van der Waals surface area contributed by atoms with E-state index in [-0.39, 0.29) is 22.8 Å². The number of amides is 1. The number of nitrogens with one attached hydrogen (secondary N) is 1. The summed E-state index contributed by atoms with van der Waals surface area (Å²) in [5.74, 6) is 0.716. The lowest BCUT2D eigenvalue weighted by atomic mass is 9.42. The van der Waals surface area contributed by atoms with Gasteiger partial charge < -0.3 is 10.4 Å². The SMILES string of the molecule is CC(=O)N[C@@H](C)C12C[C@@H]3C[C@@H](CC(CC(=O)O)(C3)C1)C2. The van der Waals surface area contributed by atoms with Crippen LogP contribution < -0.4 is 5.32 Å². The Bertz CT molecular complexity index is 431. The maximum atomic E-state index is 11.4. The van der Waals surface area contributed by atoms with Gasteiger partial charge in [-0.1, -0.05) is 0 Å². The van der Waals surface area contributed by atoms with E-state index in [1.165, 1.54) is 19.3 Å². The average molecular weight is 279 g/mol. The van der Waals surface area contributed by atoms with Crippen LogP contribution in [-0.2, 0) is 9.59 Å². The van der Waals surface area contributed by atoms with Crippen LogP contribution in [0.2, 0.25) is 0 Å². The van der Waals surface area contributed by atoms with Gasteiger partial charge in [0.1, 0.15) is 0 Å². The van der Waals surface area contributed by atoms with Crippen molar-refractivity contribution < 1.29 is 14.7 Å². The Labute approximate surface area is 120 Å².